The fourth-order valence-electron chi connectivity index (χ4n) is 4.68. The van der Waals surface area contributed by atoms with Gasteiger partial charge in [0, 0.05) is 33.2 Å². The molecular formula is C21H33N3O3S. The Balaban J connectivity index is 1.72. The molecule has 0 spiro atoms. The zero-order valence-corrected chi connectivity index (χ0v) is 17.8. The maximum Gasteiger partial charge on any atom is 0.226 e. The summed E-state index contributed by atoms with van der Waals surface area (Å²) < 4.78 is 26.5. The lowest BCUT2D eigenvalue weighted by Crippen LogP contribution is -2.49. The molecule has 2 aliphatic rings. The fraction of sp³-hybridized carbons (Fsp3) is 0.667. The van der Waals surface area contributed by atoms with Crippen molar-refractivity contribution < 1.29 is 13.2 Å². The van der Waals surface area contributed by atoms with Crippen LogP contribution >= 0.6 is 0 Å². The highest BCUT2D eigenvalue weighted by Gasteiger charge is 2.37. The maximum absolute atomic E-state index is 13.2. The Morgan fingerprint density at radius 1 is 1.21 bits per heavy atom. The molecule has 1 heterocycles. The van der Waals surface area contributed by atoms with E-state index in [-0.39, 0.29) is 23.1 Å². The first-order valence-electron chi connectivity index (χ1n) is 10.3. The number of amides is 1. The van der Waals surface area contributed by atoms with E-state index in [4.69, 9.17) is 5.73 Å². The van der Waals surface area contributed by atoms with Crippen molar-refractivity contribution >= 4 is 15.7 Å². The molecule has 1 aliphatic carbocycles. The van der Waals surface area contributed by atoms with Crippen LogP contribution < -0.4 is 5.73 Å². The molecule has 0 radical (unpaired) electrons. The Morgan fingerprint density at radius 3 is 2.71 bits per heavy atom. The zero-order valence-electron chi connectivity index (χ0n) is 17.0. The van der Waals surface area contributed by atoms with Crippen LogP contribution in [0.15, 0.2) is 29.2 Å². The van der Waals surface area contributed by atoms with E-state index >= 15 is 0 Å². The molecule has 1 aliphatic heterocycles. The number of hydrogen-bond acceptors (Lipinski definition) is 5. The molecular weight excluding hydrogens is 374 g/mol. The fourth-order valence-corrected chi connectivity index (χ4v) is 6.60. The largest absolute Gasteiger partial charge is 0.349 e. The number of rotatable bonds is 5. The summed E-state index contributed by atoms with van der Waals surface area (Å²) in [6, 6.07) is 7.27. The van der Waals surface area contributed by atoms with Gasteiger partial charge in [-0.15, -0.1) is 0 Å². The molecule has 28 heavy (non-hydrogen) atoms. The van der Waals surface area contributed by atoms with E-state index in [1.54, 1.807) is 37.2 Å². The number of carbonyl (C=O) groups is 1. The Kier molecular flexibility index (Phi) is 6.78. The van der Waals surface area contributed by atoms with Gasteiger partial charge >= 0.3 is 0 Å². The summed E-state index contributed by atoms with van der Waals surface area (Å²) in [6.45, 7) is 2.04. The van der Waals surface area contributed by atoms with Gasteiger partial charge in [-0.2, -0.15) is 0 Å². The lowest BCUT2D eigenvalue weighted by molar-refractivity contribution is -0.135. The van der Waals surface area contributed by atoms with Gasteiger partial charge in [0.25, 0.3) is 0 Å². The standard InChI is InChI=1S/C21H33N3O3S/c1-23(2)21(25)17-7-5-11-24(15-17)18-8-4-10-20(13-18)28(26,27)19-9-3-6-16(12-19)14-22/h3,6,9,12,17-18,20H,4-5,7-8,10-11,13-15,22H2,1-2H3/t17?,18?,20-/m1/s1. The second kappa shape index (κ2) is 8.93. The minimum Gasteiger partial charge on any atom is -0.349 e. The van der Waals surface area contributed by atoms with Crippen molar-refractivity contribution in [1.29, 1.82) is 0 Å². The molecule has 0 aromatic heterocycles. The van der Waals surface area contributed by atoms with Crippen molar-refractivity contribution in [2.75, 3.05) is 27.2 Å². The summed E-state index contributed by atoms with van der Waals surface area (Å²) in [4.78, 5) is 16.8. The molecule has 2 fully saturated rings. The van der Waals surface area contributed by atoms with Crippen molar-refractivity contribution in [2.24, 2.45) is 11.7 Å². The van der Waals surface area contributed by atoms with E-state index in [1.165, 1.54) is 0 Å². The minimum absolute atomic E-state index is 0.0296. The molecule has 3 atom stereocenters. The second-order valence-electron chi connectivity index (χ2n) is 8.41. The van der Waals surface area contributed by atoms with E-state index in [2.05, 4.69) is 4.90 Å². The van der Waals surface area contributed by atoms with Crippen molar-refractivity contribution in [3.05, 3.63) is 29.8 Å². The van der Waals surface area contributed by atoms with Crippen LogP contribution in [0.25, 0.3) is 0 Å². The molecule has 6 nitrogen and oxygen atoms in total. The van der Waals surface area contributed by atoms with Gasteiger partial charge in [-0.05, 0) is 56.3 Å². The molecule has 1 saturated heterocycles. The topological polar surface area (TPSA) is 83.7 Å². The molecule has 1 aromatic carbocycles. The molecule has 3 rings (SSSR count). The summed E-state index contributed by atoms with van der Waals surface area (Å²) in [5.74, 6) is 0.213. The number of hydrogen-bond donors (Lipinski definition) is 1. The summed E-state index contributed by atoms with van der Waals surface area (Å²) in [6.07, 6.45) is 5.20. The van der Waals surface area contributed by atoms with Gasteiger partial charge in [0.05, 0.1) is 16.1 Å². The molecule has 7 heteroatoms. The Morgan fingerprint density at radius 2 is 2.00 bits per heavy atom. The predicted octanol–water partition coefficient (Wildman–Crippen LogP) is 2.03. The van der Waals surface area contributed by atoms with Gasteiger partial charge in [0.1, 0.15) is 0 Å². The van der Waals surface area contributed by atoms with E-state index in [1.807, 2.05) is 6.07 Å². The Hall–Kier alpha value is -1.44. The first-order valence-corrected chi connectivity index (χ1v) is 11.9. The molecule has 1 aromatic rings. The highest BCUT2D eigenvalue weighted by Crippen LogP contribution is 2.33. The predicted molar refractivity (Wildman–Crippen MR) is 111 cm³/mol. The van der Waals surface area contributed by atoms with Gasteiger partial charge in [-0.3, -0.25) is 9.69 Å². The van der Waals surface area contributed by atoms with Crippen molar-refractivity contribution in [3.8, 4) is 0 Å². The number of likely N-dealkylation sites (tertiary alicyclic amines) is 1. The Labute approximate surface area is 169 Å². The van der Waals surface area contributed by atoms with Gasteiger partial charge in [0.2, 0.25) is 5.91 Å². The van der Waals surface area contributed by atoms with E-state index in [9.17, 15) is 13.2 Å². The van der Waals surface area contributed by atoms with Gasteiger partial charge in [-0.25, -0.2) is 8.42 Å². The summed E-state index contributed by atoms with van der Waals surface area (Å²) in [5.41, 5.74) is 6.53. The third-order valence-electron chi connectivity index (χ3n) is 6.26. The minimum atomic E-state index is -3.37. The normalized spacial score (nSPS) is 26.8. The summed E-state index contributed by atoms with van der Waals surface area (Å²) in [5, 5.41) is -0.357. The lowest BCUT2D eigenvalue weighted by Gasteiger charge is -2.41. The van der Waals surface area contributed by atoms with E-state index < -0.39 is 9.84 Å². The molecule has 2 N–H and O–H groups in total. The average Bonchev–Trinajstić information content (AvgIpc) is 2.73. The van der Waals surface area contributed by atoms with Gasteiger partial charge < -0.3 is 10.6 Å². The number of carbonyl (C=O) groups excluding carboxylic acids is 1. The lowest BCUT2D eigenvalue weighted by atomic mass is 9.89. The van der Waals surface area contributed by atoms with Gasteiger partial charge in [-0.1, -0.05) is 18.6 Å². The molecule has 1 saturated carbocycles. The maximum atomic E-state index is 13.2. The average molecular weight is 408 g/mol. The van der Waals surface area contributed by atoms with Crippen LogP contribution in [0.5, 0.6) is 0 Å². The summed E-state index contributed by atoms with van der Waals surface area (Å²) >= 11 is 0. The van der Waals surface area contributed by atoms with Crippen molar-refractivity contribution in [2.45, 2.75) is 61.3 Å². The van der Waals surface area contributed by atoms with E-state index in [0.717, 1.165) is 44.3 Å². The highest BCUT2D eigenvalue weighted by molar-refractivity contribution is 7.92. The van der Waals surface area contributed by atoms with Gasteiger partial charge in [0.15, 0.2) is 9.84 Å². The van der Waals surface area contributed by atoms with Crippen molar-refractivity contribution in [1.82, 2.24) is 9.80 Å². The van der Waals surface area contributed by atoms with Crippen LogP contribution in [0.2, 0.25) is 0 Å². The number of sulfone groups is 1. The van der Waals surface area contributed by atoms with Crippen LogP contribution in [0.1, 0.15) is 44.1 Å². The first-order chi connectivity index (χ1) is 13.3. The van der Waals surface area contributed by atoms with Crippen molar-refractivity contribution in [3.63, 3.8) is 0 Å². The third-order valence-corrected chi connectivity index (χ3v) is 8.48. The number of benzene rings is 1. The molecule has 2 unspecified atom stereocenters. The van der Waals surface area contributed by atoms with E-state index in [0.29, 0.717) is 24.3 Å². The SMILES string of the molecule is CN(C)C(=O)C1CCCN(C2CCC[C@@H](S(=O)(=O)c3cccc(CN)c3)C2)C1. The molecule has 0 bridgehead atoms. The molecule has 156 valence electrons. The number of nitrogens with two attached hydrogens (primary N) is 1. The summed E-state index contributed by atoms with van der Waals surface area (Å²) in [7, 11) is 0.244. The highest BCUT2D eigenvalue weighted by atomic mass is 32.2. The third kappa shape index (κ3) is 4.58. The van der Waals surface area contributed by atoms with Crippen LogP contribution in [0.4, 0.5) is 0 Å². The quantitative estimate of drug-likeness (QED) is 0.807. The first kappa shape index (κ1) is 21.3. The van der Waals surface area contributed by atoms with Crippen LogP contribution in [0.3, 0.4) is 0 Å². The smallest absolute Gasteiger partial charge is 0.226 e. The van der Waals surface area contributed by atoms with Crippen LogP contribution in [-0.4, -0.2) is 62.6 Å². The number of nitrogens with zero attached hydrogens (tertiary/aromatic N) is 2. The zero-order chi connectivity index (χ0) is 20.3. The number of piperidine rings is 1. The monoisotopic (exact) mass is 407 g/mol. The Bertz CT molecular complexity index is 794. The molecule has 1 amide bonds. The van der Waals surface area contributed by atoms with Crippen LogP contribution in [-0.2, 0) is 21.2 Å². The van der Waals surface area contributed by atoms with Crippen LogP contribution in [0, 0.1) is 5.92 Å². The second-order valence-corrected chi connectivity index (χ2v) is 10.6.